The number of carbonyl (C=O) groups is 1. The smallest absolute Gasteiger partial charge is 0.293 e. The Hall–Kier alpha value is -0.570. The highest BCUT2D eigenvalue weighted by Gasteiger charge is 2.30. The molecule has 0 bridgehead atoms. The molecular weight excluding hydrogens is 192 g/mol. The van der Waals surface area contributed by atoms with E-state index in [1.54, 1.807) is 0 Å². The van der Waals surface area contributed by atoms with Crippen molar-refractivity contribution in [2.75, 3.05) is 6.61 Å². The van der Waals surface area contributed by atoms with E-state index in [4.69, 9.17) is 9.47 Å². The van der Waals surface area contributed by atoms with Gasteiger partial charge in [0.2, 0.25) is 0 Å². The lowest BCUT2D eigenvalue weighted by atomic mass is 9.89. The molecule has 3 heteroatoms. The van der Waals surface area contributed by atoms with Crippen molar-refractivity contribution in [3.8, 4) is 0 Å². The van der Waals surface area contributed by atoms with Crippen LogP contribution >= 0.6 is 0 Å². The number of carbonyl (C=O) groups excluding carboxylic acids is 1. The van der Waals surface area contributed by atoms with Gasteiger partial charge in [0.1, 0.15) is 5.60 Å². The molecule has 90 valence electrons. The Balaban J connectivity index is 4.16. The van der Waals surface area contributed by atoms with Crippen LogP contribution in [0.3, 0.4) is 0 Å². The summed E-state index contributed by atoms with van der Waals surface area (Å²) in [6.07, 6.45) is 2.22. The highest BCUT2D eigenvalue weighted by Crippen LogP contribution is 2.24. The van der Waals surface area contributed by atoms with Gasteiger partial charge in [-0.05, 0) is 33.6 Å². The van der Waals surface area contributed by atoms with Gasteiger partial charge in [0.25, 0.3) is 6.47 Å². The van der Waals surface area contributed by atoms with Gasteiger partial charge in [-0.1, -0.05) is 13.8 Å². The fourth-order valence-electron chi connectivity index (χ4n) is 1.43. The summed E-state index contributed by atoms with van der Waals surface area (Å²) < 4.78 is 10.8. The Bertz CT molecular complexity index is 178. The van der Waals surface area contributed by atoms with E-state index in [0.29, 0.717) is 13.1 Å². The molecule has 0 aliphatic rings. The minimum absolute atomic E-state index is 0.247. The van der Waals surface area contributed by atoms with Gasteiger partial charge in [0, 0.05) is 5.92 Å². The summed E-state index contributed by atoms with van der Waals surface area (Å²) >= 11 is 0. The molecule has 15 heavy (non-hydrogen) atoms. The predicted molar refractivity (Wildman–Crippen MR) is 60.7 cm³/mol. The van der Waals surface area contributed by atoms with Crippen LogP contribution in [-0.4, -0.2) is 24.8 Å². The van der Waals surface area contributed by atoms with Crippen molar-refractivity contribution in [3.05, 3.63) is 0 Å². The summed E-state index contributed by atoms with van der Waals surface area (Å²) in [6.45, 7) is 11.3. The Morgan fingerprint density at radius 2 is 1.87 bits per heavy atom. The van der Waals surface area contributed by atoms with Gasteiger partial charge in [0.05, 0.1) is 12.7 Å². The molecule has 0 aromatic rings. The van der Waals surface area contributed by atoms with Crippen molar-refractivity contribution in [1.29, 1.82) is 0 Å². The molecule has 0 aromatic carbocycles. The monoisotopic (exact) mass is 216 g/mol. The van der Waals surface area contributed by atoms with Crippen molar-refractivity contribution in [2.45, 2.75) is 59.2 Å². The standard InChI is InChI=1S/C12H24O3/c1-6-10(3)14-8-11(7-2)12(4,5)15-9-13/h9-11H,6-8H2,1-5H3. The summed E-state index contributed by atoms with van der Waals surface area (Å²) in [4.78, 5) is 10.4. The highest BCUT2D eigenvalue weighted by molar-refractivity contribution is 5.38. The van der Waals surface area contributed by atoms with Crippen LogP contribution in [0, 0.1) is 5.92 Å². The zero-order valence-corrected chi connectivity index (χ0v) is 10.6. The quantitative estimate of drug-likeness (QED) is 0.585. The lowest BCUT2D eigenvalue weighted by Gasteiger charge is -2.32. The third kappa shape index (κ3) is 5.17. The molecule has 2 unspecified atom stereocenters. The second kappa shape index (κ2) is 6.83. The minimum atomic E-state index is -0.441. The topological polar surface area (TPSA) is 35.5 Å². The lowest BCUT2D eigenvalue weighted by molar-refractivity contribution is -0.149. The van der Waals surface area contributed by atoms with Gasteiger partial charge in [-0.15, -0.1) is 0 Å². The minimum Gasteiger partial charge on any atom is -0.461 e. The van der Waals surface area contributed by atoms with Crippen LogP contribution in [0.15, 0.2) is 0 Å². The lowest BCUT2D eigenvalue weighted by Crippen LogP contribution is -2.37. The second-order valence-electron chi connectivity index (χ2n) is 4.47. The van der Waals surface area contributed by atoms with Crippen LogP contribution in [0.1, 0.15) is 47.5 Å². The molecule has 0 aromatic heterocycles. The Kier molecular flexibility index (Phi) is 6.57. The van der Waals surface area contributed by atoms with Crippen molar-refractivity contribution in [3.63, 3.8) is 0 Å². The van der Waals surface area contributed by atoms with Gasteiger partial charge in [-0.25, -0.2) is 0 Å². The van der Waals surface area contributed by atoms with E-state index >= 15 is 0 Å². The summed E-state index contributed by atoms with van der Waals surface area (Å²) in [7, 11) is 0. The van der Waals surface area contributed by atoms with E-state index in [0.717, 1.165) is 12.8 Å². The fourth-order valence-corrected chi connectivity index (χ4v) is 1.43. The van der Waals surface area contributed by atoms with E-state index in [9.17, 15) is 4.79 Å². The van der Waals surface area contributed by atoms with Gasteiger partial charge < -0.3 is 9.47 Å². The first-order valence-corrected chi connectivity index (χ1v) is 5.70. The first kappa shape index (κ1) is 14.4. The summed E-state index contributed by atoms with van der Waals surface area (Å²) in [5.41, 5.74) is -0.441. The Morgan fingerprint density at radius 3 is 2.27 bits per heavy atom. The maximum absolute atomic E-state index is 10.4. The van der Waals surface area contributed by atoms with Crippen LogP contribution in [0.5, 0.6) is 0 Å². The molecule has 0 rings (SSSR count). The predicted octanol–water partition coefficient (Wildman–Crippen LogP) is 2.78. The summed E-state index contributed by atoms with van der Waals surface area (Å²) in [5, 5.41) is 0. The maximum atomic E-state index is 10.4. The van der Waals surface area contributed by atoms with Crippen LogP contribution in [0.2, 0.25) is 0 Å². The average molecular weight is 216 g/mol. The molecule has 0 saturated carbocycles. The molecule has 0 amide bonds. The highest BCUT2D eigenvalue weighted by atomic mass is 16.5. The molecule has 0 saturated heterocycles. The number of hydrogen-bond acceptors (Lipinski definition) is 3. The fraction of sp³-hybridized carbons (Fsp3) is 0.917. The van der Waals surface area contributed by atoms with E-state index in [1.165, 1.54) is 0 Å². The van der Waals surface area contributed by atoms with Gasteiger partial charge in [0.15, 0.2) is 0 Å². The van der Waals surface area contributed by atoms with Crippen LogP contribution in [0.25, 0.3) is 0 Å². The van der Waals surface area contributed by atoms with Crippen LogP contribution in [-0.2, 0) is 14.3 Å². The maximum Gasteiger partial charge on any atom is 0.293 e. The van der Waals surface area contributed by atoms with E-state index in [2.05, 4.69) is 20.8 Å². The molecule has 0 radical (unpaired) electrons. The molecule has 0 aliphatic carbocycles. The van der Waals surface area contributed by atoms with E-state index in [-0.39, 0.29) is 12.0 Å². The zero-order chi connectivity index (χ0) is 11.9. The normalized spacial score (nSPS) is 15.8. The molecular formula is C12H24O3. The van der Waals surface area contributed by atoms with Crippen molar-refractivity contribution < 1.29 is 14.3 Å². The number of ether oxygens (including phenoxy) is 2. The van der Waals surface area contributed by atoms with Crippen molar-refractivity contribution >= 4 is 6.47 Å². The molecule has 0 spiro atoms. The van der Waals surface area contributed by atoms with Gasteiger partial charge >= 0.3 is 0 Å². The average Bonchev–Trinajstić information content (AvgIpc) is 2.17. The van der Waals surface area contributed by atoms with E-state index < -0.39 is 5.60 Å². The third-order valence-corrected chi connectivity index (χ3v) is 2.98. The summed E-state index contributed by atoms with van der Waals surface area (Å²) in [6, 6.07) is 0. The SMILES string of the molecule is CCC(C)OCC(CC)C(C)(C)OC=O. The van der Waals surface area contributed by atoms with Crippen LogP contribution in [0.4, 0.5) is 0 Å². The first-order chi connectivity index (χ1) is 6.97. The largest absolute Gasteiger partial charge is 0.461 e. The Morgan fingerprint density at radius 1 is 1.27 bits per heavy atom. The molecule has 0 N–H and O–H groups in total. The molecule has 3 nitrogen and oxygen atoms in total. The summed E-state index contributed by atoms with van der Waals surface area (Å²) in [5.74, 6) is 0.247. The van der Waals surface area contributed by atoms with Crippen LogP contribution < -0.4 is 0 Å². The number of hydrogen-bond donors (Lipinski definition) is 0. The molecule has 2 atom stereocenters. The first-order valence-electron chi connectivity index (χ1n) is 5.70. The Labute approximate surface area is 93.1 Å². The van der Waals surface area contributed by atoms with Gasteiger partial charge in [-0.2, -0.15) is 0 Å². The molecule has 0 aliphatic heterocycles. The molecule has 0 heterocycles. The molecule has 0 fully saturated rings. The zero-order valence-electron chi connectivity index (χ0n) is 10.6. The van der Waals surface area contributed by atoms with Crippen molar-refractivity contribution in [1.82, 2.24) is 0 Å². The third-order valence-electron chi connectivity index (χ3n) is 2.98. The van der Waals surface area contributed by atoms with E-state index in [1.807, 2.05) is 13.8 Å². The van der Waals surface area contributed by atoms with Gasteiger partial charge in [-0.3, -0.25) is 4.79 Å². The van der Waals surface area contributed by atoms with Crippen molar-refractivity contribution in [2.24, 2.45) is 5.92 Å². The second-order valence-corrected chi connectivity index (χ2v) is 4.47. The number of rotatable bonds is 8.